The van der Waals surface area contributed by atoms with Crippen LogP contribution in [0.15, 0.2) is 97.1 Å². The molecule has 9 heteroatoms. The molecular formula is C40H46Cl2N4O3. The van der Waals surface area contributed by atoms with E-state index in [2.05, 4.69) is 35.6 Å². The maximum Gasteiger partial charge on any atom is 0.246 e. The molecule has 0 spiro atoms. The first-order valence-corrected chi connectivity index (χ1v) is 17.8. The van der Waals surface area contributed by atoms with Gasteiger partial charge in [0, 0.05) is 42.2 Å². The predicted octanol–water partition coefficient (Wildman–Crippen LogP) is 7.32. The van der Waals surface area contributed by atoms with Crippen molar-refractivity contribution in [3.8, 4) is 0 Å². The SMILES string of the molecule is CC.NCCCCC1C(=O)N(CCc2ccc3ccccc3c2)CCN1C(=O)[C@@H](Cc1ccc(Cl)cc1Cl)NC(=O)/C=C/c1ccccc1. The van der Waals surface area contributed by atoms with Crippen molar-refractivity contribution in [1.82, 2.24) is 15.1 Å². The van der Waals surface area contributed by atoms with Crippen LogP contribution >= 0.6 is 23.2 Å². The molecule has 7 nitrogen and oxygen atoms in total. The zero-order valence-electron chi connectivity index (χ0n) is 28.3. The number of carbonyl (C=O) groups excluding carboxylic acids is 3. The van der Waals surface area contributed by atoms with Crippen LogP contribution in [0.3, 0.4) is 0 Å². The molecule has 2 atom stereocenters. The number of hydrogen-bond donors (Lipinski definition) is 2. The van der Waals surface area contributed by atoms with Crippen LogP contribution in [-0.2, 0) is 27.2 Å². The number of halogens is 2. The number of amides is 3. The van der Waals surface area contributed by atoms with E-state index in [0.717, 1.165) is 17.5 Å². The lowest BCUT2D eigenvalue weighted by Gasteiger charge is -2.42. The molecule has 0 aromatic heterocycles. The molecule has 1 aliphatic heterocycles. The first-order chi connectivity index (χ1) is 23.8. The Morgan fingerprint density at radius 1 is 0.918 bits per heavy atom. The van der Waals surface area contributed by atoms with Crippen molar-refractivity contribution in [1.29, 1.82) is 0 Å². The lowest BCUT2D eigenvalue weighted by Crippen LogP contribution is -2.62. The number of piperazine rings is 1. The van der Waals surface area contributed by atoms with E-state index < -0.39 is 18.0 Å². The summed E-state index contributed by atoms with van der Waals surface area (Å²) in [5, 5.41) is 6.11. The van der Waals surface area contributed by atoms with Crippen LogP contribution in [0.2, 0.25) is 10.0 Å². The average Bonchev–Trinajstić information content (AvgIpc) is 3.12. The Morgan fingerprint density at radius 3 is 2.39 bits per heavy atom. The second kappa shape index (κ2) is 19.1. The fraction of sp³-hybridized carbons (Fsp3) is 0.325. The van der Waals surface area contributed by atoms with Crippen LogP contribution in [0, 0.1) is 0 Å². The van der Waals surface area contributed by atoms with Crippen LogP contribution in [-0.4, -0.2) is 65.8 Å². The van der Waals surface area contributed by atoms with Crippen LogP contribution in [0.1, 0.15) is 49.8 Å². The number of nitrogens with one attached hydrogen (secondary N) is 1. The maximum atomic E-state index is 14.3. The molecule has 1 aliphatic rings. The molecular weight excluding hydrogens is 655 g/mol. The topological polar surface area (TPSA) is 95.7 Å². The van der Waals surface area contributed by atoms with Gasteiger partial charge in [-0.2, -0.15) is 0 Å². The zero-order chi connectivity index (χ0) is 35.2. The molecule has 4 aromatic carbocycles. The normalized spacial score (nSPS) is 15.2. The van der Waals surface area contributed by atoms with Gasteiger partial charge in [-0.1, -0.05) is 116 Å². The lowest BCUT2D eigenvalue weighted by molar-refractivity contribution is -0.153. The summed E-state index contributed by atoms with van der Waals surface area (Å²) >= 11 is 12.6. The van der Waals surface area contributed by atoms with Gasteiger partial charge in [0.2, 0.25) is 17.7 Å². The molecule has 258 valence electrons. The quantitative estimate of drug-likeness (QED) is 0.113. The third kappa shape index (κ3) is 10.7. The summed E-state index contributed by atoms with van der Waals surface area (Å²) in [6.45, 7) is 5.82. The number of rotatable bonds is 13. The standard InChI is InChI=1S/C38H40Cl2N4O3.C2H6/c39-32-17-16-31(33(40)26-32)25-34(42-36(45)18-14-27-8-2-1-3-9-27)37(46)44-23-22-43(38(47)35(44)12-6-7-20-41)21-19-28-13-15-29-10-4-5-11-30(29)24-28;1-2/h1-5,8-11,13-18,24,26,34-35H,6-7,12,19-23,25,41H2,(H,42,45);1-2H3/b18-14+;/t34-,35?;/m1./s1. The first kappa shape index (κ1) is 37.6. The van der Waals surface area contributed by atoms with Gasteiger partial charge in [-0.3, -0.25) is 14.4 Å². The number of hydrogen-bond acceptors (Lipinski definition) is 4. The molecule has 1 fully saturated rings. The highest BCUT2D eigenvalue weighted by atomic mass is 35.5. The van der Waals surface area contributed by atoms with Crippen molar-refractivity contribution in [3.05, 3.63) is 124 Å². The summed E-state index contributed by atoms with van der Waals surface area (Å²) < 4.78 is 0. The number of nitrogens with zero attached hydrogens (tertiary/aromatic N) is 2. The summed E-state index contributed by atoms with van der Waals surface area (Å²) in [5.41, 5.74) is 8.46. The van der Waals surface area contributed by atoms with Gasteiger partial charge in [-0.15, -0.1) is 0 Å². The van der Waals surface area contributed by atoms with E-state index in [9.17, 15) is 14.4 Å². The highest BCUT2D eigenvalue weighted by Crippen LogP contribution is 2.25. The molecule has 0 bridgehead atoms. The molecule has 0 saturated carbocycles. The Bertz CT molecular complexity index is 1730. The third-order valence-electron chi connectivity index (χ3n) is 8.56. The Morgan fingerprint density at radius 2 is 1.65 bits per heavy atom. The van der Waals surface area contributed by atoms with Crippen molar-refractivity contribution < 1.29 is 14.4 Å². The summed E-state index contributed by atoms with van der Waals surface area (Å²) in [7, 11) is 0. The van der Waals surface area contributed by atoms with Gasteiger partial charge in [0.05, 0.1) is 0 Å². The Hall–Kier alpha value is -4.17. The number of nitrogens with two attached hydrogens (primary N) is 1. The molecule has 1 unspecified atom stereocenters. The van der Waals surface area contributed by atoms with Gasteiger partial charge in [0.1, 0.15) is 12.1 Å². The van der Waals surface area contributed by atoms with Crippen molar-refractivity contribution in [2.75, 3.05) is 26.2 Å². The molecule has 1 heterocycles. The van der Waals surface area contributed by atoms with E-state index in [4.69, 9.17) is 28.9 Å². The number of carbonyl (C=O) groups is 3. The summed E-state index contributed by atoms with van der Waals surface area (Å²) in [6, 6.07) is 27.5. The van der Waals surface area contributed by atoms with Crippen molar-refractivity contribution in [3.63, 3.8) is 0 Å². The summed E-state index contributed by atoms with van der Waals surface area (Å²) in [5.74, 6) is -0.823. The number of unbranched alkanes of at least 4 members (excludes halogenated alkanes) is 1. The van der Waals surface area contributed by atoms with Gasteiger partial charge in [0.25, 0.3) is 0 Å². The fourth-order valence-electron chi connectivity index (χ4n) is 6.01. The molecule has 49 heavy (non-hydrogen) atoms. The van der Waals surface area contributed by atoms with E-state index in [-0.39, 0.29) is 18.2 Å². The highest BCUT2D eigenvalue weighted by molar-refractivity contribution is 6.35. The minimum atomic E-state index is -0.949. The molecule has 3 amide bonds. The van der Waals surface area contributed by atoms with Crippen molar-refractivity contribution in [2.24, 2.45) is 5.73 Å². The summed E-state index contributed by atoms with van der Waals surface area (Å²) in [4.78, 5) is 44.9. The van der Waals surface area contributed by atoms with E-state index in [1.807, 2.05) is 61.2 Å². The van der Waals surface area contributed by atoms with Crippen LogP contribution in [0.5, 0.6) is 0 Å². The second-order valence-electron chi connectivity index (χ2n) is 11.8. The average molecular weight is 702 g/mol. The monoisotopic (exact) mass is 700 g/mol. The van der Waals surface area contributed by atoms with E-state index in [1.165, 1.54) is 16.8 Å². The van der Waals surface area contributed by atoms with Gasteiger partial charge >= 0.3 is 0 Å². The van der Waals surface area contributed by atoms with Crippen molar-refractivity contribution >= 4 is 57.8 Å². The molecule has 3 N–H and O–H groups in total. The Labute approximate surface area is 300 Å². The van der Waals surface area contributed by atoms with Crippen LogP contribution in [0.25, 0.3) is 16.8 Å². The van der Waals surface area contributed by atoms with Crippen LogP contribution in [0.4, 0.5) is 0 Å². The molecule has 4 aromatic rings. The largest absolute Gasteiger partial charge is 0.340 e. The minimum Gasteiger partial charge on any atom is -0.340 e. The lowest BCUT2D eigenvalue weighted by atomic mass is 9.99. The molecule has 0 radical (unpaired) electrons. The zero-order valence-corrected chi connectivity index (χ0v) is 29.8. The Balaban J connectivity index is 0.00000265. The molecule has 5 rings (SSSR count). The smallest absolute Gasteiger partial charge is 0.246 e. The molecule has 0 aliphatic carbocycles. The second-order valence-corrected chi connectivity index (χ2v) is 12.7. The minimum absolute atomic E-state index is 0.0824. The van der Waals surface area contributed by atoms with Crippen molar-refractivity contribution in [2.45, 2.75) is 58.0 Å². The van der Waals surface area contributed by atoms with Gasteiger partial charge in [0.15, 0.2) is 0 Å². The number of fused-ring (bicyclic) bond motifs is 1. The summed E-state index contributed by atoms with van der Waals surface area (Å²) in [6.07, 6.45) is 5.90. The van der Waals surface area contributed by atoms with Gasteiger partial charge in [-0.25, -0.2) is 0 Å². The third-order valence-corrected chi connectivity index (χ3v) is 9.15. The maximum absolute atomic E-state index is 14.3. The van der Waals surface area contributed by atoms with Gasteiger partial charge < -0.3 is 20.9 Å². The fourth-order valence-corrected chi connectivity index (χ4v) is 6.49. The van der Waals surface area contributed by atoms with E-state index >= 15 is 0 Å². The predicted molar refractivity (Wildman–Crippen MR) is 202 cm³/mol. The Kier molecular flexibility index (Phi) is 14.7. The highest BCUT2D eigenvalue weighted by Gasteiger charge is 2.39. The van der Waals surface area contributed by atoms with Crippen LogP contribution < -0.4 is 11.1 Å². The van der Waals surface area contributed by atoms with E-state index in [0.29, 0.717) is 61.1 Å². The molecule has 1 saturated heterocycles. The first-order valence-electron chi connectivity index (χ1n) is 17.1. The van der Waals surface area contributed by atoms with E-state index in [1.54, 1.807) is 29.2 Å². The number of benzene rings is 4. The van der Waals surface area contributed by atoms with Gasteiger partial charge in [-0.05, 0) is 77.9 Å².